The molecule has 0 amide bonds. The summed E-state index contributed by atoms with van der Waals surface area (Å²) in [5.74, 6) is -0.554. The topological polar surface area (TPSA) is 55.8 Å². The number of hydrogen-bond acceptors (Lipinski definition) is 4. The molecule has 0 unspecified atom stereocenters. The Kier molecular flexibility index (Phi) is 2.80. The first-order valence-corrected chi connectivity index (χ1v) is 5.05. The highest BCUT2D eigenvalue weighted by Gasteiger charge is 2.55. The van der Waals surface area contributed by atoms with Gasteiger partial charge in [0.25, 0.3) is 0 Å². The standard InChI is InChI=1S/C12H14O4/c1-3-4-8-10-9(14)5-6-12(10,7-13)16-11(8)15-2/h3-6,10-11,13H,1,7H2,2H3/b8-4+/t10-,11+,12-/m0/s1. The summed E-state index contributed by atoms with van der Waals surface area (Å²) in [6.45, 7) is 3.36. The summed E-state index contributed by atoms with van der Waals surface area (Å²) in [6, 6.07) is 0. The summed E-state index contributed by atoms with van der Waals surface area (Å²) in [5, 5.41) is 9.41. The van der Waals surface area contributed by atoms with E-state index in [9.17, 15) is 9.90 Å². The van der Waals surface area contributed by atoms with E-state index in [0.29, 0.717) is 5.57 Å². The Morgan fingerprint density at radius 1 is 1.75 bits per heavy atom. The monoisotopic (exact) mass is 222 g/mol. The van der Waals surface area contributed by atoms with Gasteiger partial charge in [-0.1, -0.05) is 18.7 Å². The maximum Gasteiger partial charge on any atom is 0.181 e. The van der Waals surface area contributed by atoms with E-state index in [1.54, 1.807) is 18.2 Å². The van der Waals surface area contributed by atoms with Crippen LogP contribution in [0.5, 0.6) is 0 Å². The molecular weight excluding hydrogens is 208 g/mol. The third kappa shape index (κ3) is 1.38. The number of hydrogen-bond donors (Lipinski definition) is 1. The van der Waals surface area contributed by atoms with E-state index in [1.165, 1.54) is 13.2 Å². The Morgan fingerprint density at radius 2 is 2.50 bits per heavy atom. The lowest BCUT2D eigenvalue weighted by Crippen LogP contribution is -2.37. The molecule has 3 atom stereocenters. The van der Waals surface area contributed by atoms with E-state index in [4.69, 9.17) is 9.47 Å². The van der Waals surface area contributed by atoms with Crippen LogP contribution in [0.15, 0.2) is 36.5 Å². The van der Waals surface area contributed by atoms with Crippen LogP contribution in [0.25, 0.3) is 0 Å². The minimum Gasteiger partial charge on any atom is -0.393 e. The zero-order chi connectivity index (χ0) is 11.8. The van der Waals surface area contributed by atoms with E-state index < -0.39 is 17.8 Å². The molecule has 0 aromatic heterocycles. The molecule has 1 aliphatic carbocycles. The Hall–Kier alpha value is -1.23. The number of carbonyl (C=O) groups is 1. The summed E-state index contributed by atoms with van der Waals surface area (Å²) >= 11 is 0. The summed E-state index contributed by atoms with van der Waals surface area (Å²) in [5.41, 5.74) is -0.242. The fraction of sp³-hybridized carbons (Fsp3) is 0.417. The van der Waals surface area contributed by atoms with Gasteiger partial charge in [0.15, 0.2) is 12.1 Å². The molecule has 2 aliphatic rings. The molecule has 1 fully saturated rings. The predicted molar refractivity (Wildman–Crippen MR) is 57.6 cm³/mol. The lowest BCUT2D eigenvalue weighted by atomic mass is 9.86. The first-order valence-electron chi connectivity index (χ1n) is 5.05. The molecule has 1 N–H and O–H groups in total. The van der Waals surface area contributed by atoms with Gasteiger partial charge in [-0.15, -0.1) is 0 Å². The smallest absolute Gasteiger partial charge is 0.181 e. The molecule has 0 bridgehead atoms. The van der Waals surface area contributed by atoms with Gasteiger partial charge in [0.05, 0.1) is 12.5 Å². The molecule has 0 aromatic rings. The molecule has 0 aromatic carbocycles. The third-order valence-electron chi connectivity index (χ3n) is 3.01. The van der Waals surface area contributed by atoms with Crippen molar-refractivity contribution in [1.82, 2.24) is 0 Å². The Labute approximate surface area is 93.9 Å². The van der Waals surface area contributed by atoms with Gasteiger partial charge in [-0.3, -0.25) is 4.79 Å². The van der Waals surface area contributed by atoms with Crippen LogP contribution in [-0.4, -0.2) is 36.5 Å². The van der Waals surface area contributed by atoms with E-state index >= 15 is 0 Å². The second kappa shape index (κ2) is 3.97. The van der Waals surface area contributed by atoms with Crippen molar-refractivity contribution >= 4 is 5.78 Å². The van der Waals surface area contributed by atoms with Crippen LogP contribution in [0.1, 0.15) is 0 Å². The quantitative estimate of drug-likeness (QED) is 0.759. The lowest BCUT2D eigenvalue weighted by molar-refractivity contribution is -0.147. The maximum atomic E-state index is 11.8. The van der Waals surface area contributed by atoms with Crippen molar-refractivity contribution < 1.29 is 19.4 Å². The number of aliphatic hydroxyl groups is 1. The van der Waals surface area contributed by atoms with Crippen molar-refractivity contribution in [3.05, 3.63) is 36.5 Å². The SMILES string of the molecule is C=C/C=C1/[C@H](OC)O[C@]2(CO)C=CC(=O)[C@H]12. The van der Waals surface area contributed by atoms with Gasteiger partial charge in [0, 0.05) is 7.11 Å². The molecule has 4 nitrogen and oxygen atoms in total. The van der Waals surface area contributed by atoms with E-state index in [0.717, 1.165) is 0 Å². The van der Waals surface area contributed by atoms with Gasteiger partial charge in [0.1, 0.15) is 5.60 Å². The lowest BCUT2D eigenvalue weighted by Gasteiger charge is -2.23. The van der Waals surface area contributed by atoms with Gasteiger partial charge in [-0.05, 0) is 17.7 Å². The third-order valence-corrected chi connectivity index (χ3v) is 3.01. The number of carbonyl (C=O) groups excluding carboxylic acids is 1. The molecule has 1 heterocycles. The molecule has 16 heavy (non-hydrogen) atoms. The second-order valence-corrected chi connectivity index (χ2v) is 3.87. The molecule has 0 radical (unpaired) electrons. The number of methoxy groups -OCH3 is 1. The Morgan fingerprint density at radius 3 is 3.06 bits per heavy atom. The first kappa shape index (κ1) is 11.3. The molecule has 1 aliphatic heterocycles. The van der Waals surface area contributed by atoms with Crippen LogP contribution in [-0.2, 0) is 14.3 Å². The summed E-state index contributed by atoms with van der Waals surface area (Å²) < 4.78 is 10.8. The molecule has 0 spiro atoms. The molecule has 1 saturated heterocycles. The van der Waals surface area contributed by atoms with Gasteiger partial charge in [-0.25, -0.2) is 0 Å². The van der Waals surface area contributed by atoms with Crippen LogP contribution in [0.4, 0.5) is 0 Å². The highest BCUT2D eigenvalue weighted by molar-refractivity contribution is 5.98. The van der Waals surface area contributed by atoms with Crippen LogP contribution in [0.3, 0.4) is 0 Å². The number of ketones is 1. The fourth-order valence-corrected chi connectivity index (χ4v) is 2.29. The minimum atomic E-state index is -0.952. The number of fused-ring (bicyclic) bond motifs is 1. The minimum absolute atomic E-state index is 0.0679. The zero-order valence-electron chi connectivity index (χ0n) is 9.05. The van der Waals surface area contributed by atoms with Crippen molar-refractivity contribution in [2.75, 3.05) is 13.7 Å². The molecule has 4 heteroatoms. The molecule has 0 saturated carbocycles. The van der Waals surface area contributed by atoms with E-state index in [1.807, 2.05) is 0 Å². The number of ether oxygens (including phenoxy) is 2. The fourth-order valence-electron chi connectivity index (χ4n) is 2.29. The summed E-state index contributed by atoms with van der Waals surface area (Å²) in [4.78, 5) is 11.8. The van der Waals surface area contributed by atoms with Crippen LogP contribution in [0, 0.1) is 5.92 Å². The first-order chi connectivity index (χ1) is 7.68. The van der Waals surface area contributed by atoms with Crippen LogP contribution in [0.2, 0.25) is 0 Å². The van der Waals surface area contributed by atoms with Crippen molar-refractivity contribution in [2.45, 2.75) is 11.9 Å². The number of rotatable bonds is 3. The normalized spacial score (nSPS) is 39.4. The van der Waals surface area contributed by atoms with Gasteiger partial charge in [0.2, 0.25) is 0 Å². The van der Waals surface area contributed by atoms with Gasteiger partial charge in [-0.2, -0.15) is 0 Å². The summed E-state index contributed by atoms with van der Waals surface area (Å²) in [7, 11) is 1.50. The average Bonchev–Trinajstić information content (AvgIpc) is 2.77. The Balaban J connectivity index is 2.44. The largest absolute Gasteiger partial charge is 0.393 e. The Bertz CT molecular complexity index is 382. The van der Waals surface area contributed by atoms with Gasteiger partial charge >= 0.3 is 0 Å². The maximum absolute atomic E-state index is 11.8. The van der Waals surface area contributed by atoms with Crippen LogP contribution >= 0.6 is 0 Å². The number of allylic oxidation sites excluding steroid dienone is 3. The van der Waals surface area contributed by atoms with Crippen molar-refractivity contribution in [2.24, 2.45) is 5.92 Å². The predicted octanol–water partition coefficient (Wildman–Crippen LogP) is 0.588. The molecular formula is C12H14O4. The van der Waals surface area contributed by atoms with Crippen molar-refractivity contribution in [3.63, 3.8) is 0 Å². The highest BCUT2D eigenvalue weighted by Crippen LogP contribution is 2.45. The van der Waals surface area contributed by atoms with Crippen molar-refractivity contribution in [1.29, 1.82) is 0 Å². The molecule has 86 valence electrons. The average molecular weight is 222 g/mol. The summed E-state index contributed by atoms with van der Waals surface area (Å²) in [6.07, 6.45) is 5.76. The van der Waals surface area contributed by atoms with Crippen molar-refractivity contribution in [3.8, 4) is 0 Å². The van der Waals surface area contributed by atoms with Gasteiger partial charge < -0.3 is 14.6 Å². The molecule has 2 rings (SSSR count). The highest BCUT2D eigenvalue weighted by atomic mass is 16.7. The number of aliphatic hydroxyl groups excluding tert-OH is 1. The zero-order valence-corrected chi connectivity index (χ0v) is 9.05. The second-order valence-electron chi connectivity index (χ2n) is 3.87. The van der Waals surface area contributed by atoms with Crippen LogP contribution < -0.4 is 0 Å². The van der Waals surface area contributed by atoms with E-state index in [2.05, 4.69) is 6.58 Å². The van der Waals surface area contributed by atoms with E-state index in [-0.39, 0.29) is 12.4 Å².